The molecule has 0 spiro atoms. The molecule has 1 fully saturated rings. The van der Waals surface area contributed by atoms with Crippen LogP contribution in [0.5, 0.6) is 0 Å². The first-order chi connectivity index (χ1) is 15.0. The number of nitrogens with zero attached hydrogens (tertiary/aromatic N) is 2. The summed E-state index contributed by atoms with van der Waals surface area (Å²) in [4.78, 5) is 39.6. The van der Waals surface area contributed by atoms with Crippen molar-refractivity contribution < 1.29 is 14.5 Å². The zero-order valence-electron chi connectivity index (χ0n) is 16.1. The molecule has 152 valence electrons. The molecule has 0 radical (unpaired) electrons. The zero-order chi connectivity index (χ0) is 21.5. The Morgan fingerprint density at radius 2 is 1.39 bits per heavy atom. The van der Waals surface area contributed by atoms with E-state index >= 15 is 0 Å². The van der Waals surface area contributed by atoms with E-state index in [9.17, 15) is 19.7 Å². The van der Waals surface area contributed by atoms with Crippen LogP contribution in [-0.4, -0.2) is 16.7 Å². The minimum absolute atomic E-state index is 0.0283. The van der Waals surface area contributed by atoms with Crippen LogP contribution in [0.15, 0.2) is 72.8 Å². The van der Waals surface area contributed by atoms with Crippen molar-refractivity contribution in [3.8, 4) is 0 Å². The maximum absolute atomic E-state index is 13.8. The van der Waals surface area contributed by atoms with E-state index in [4.69, 9.17) is 0 Å². The number of rotatable bonds is 2. The van der Waals surface area contributed by atoms with E-state index in [-0.39, 0.29) is 23.2 Å². The Morgan fingerprint density at radius 1 is 0.839 bits per heavy atom. The highest BCUT2D eigenvalue weighted by molar-refractivity contribution is 9.09. The van der Waals surface area contributed by atoms with Gasteiger partial charge in [-0.05, 0) is 28.3 Å². The summed E-state index contributed by atoms with van der Waals surface area (Å²) in [5.41, 5.74) is 3.76. The fourth-order valence-electron chi connectivity index (χ4n) is 5.72. The highest BCUT2D eigenvalue weighted by atomic mass is 79.9. The molecule has 2 atom stereocenters. The van der Waals surface area contributed by atoms with E-state index in [0.29, 0.717) is 0 Å². The average Bonchev–Trinajstić information content (AvgIpc) is 3.05. The second-order valence-electron chi connectivity index (χ2n) is 8.13. The quantitative estimate of drug-likeness (QED) is 0.237. The lowest BCUT2D eigenvalue weighted by atomic mass is 9.55. The number of nitro benzene ring substituents is 1. The van der Waals surface area contributed by atoms with E-state index in [1.165, 1.54) is 18.2 Å². The molecular formula is C24H15BrN2O4. The summed E-state index contributed by atoms with van der Waals surface area (Å²) in [7, 11) is 0. The molecule has 0 N–H and O–H groups in total. The second-order valence-corrected chi connectivity index (χ2v) is 9.38. The van der Waals surface area contributed by atoms with Gasteiger partial charge in [0, 0.05) is 12.0 Å². The van der Waals surface area contributed by atoms with Crippen LogP contribution in [0, 0.1) is 22.0 Å². The number of benzene rings is 3. The van der Waals surface area contributed by atoms with E-state index < -0.39 is 27.0 Å². The van der Waals surface area contributed by atoms with Gasteiger partial charge in [0.05, 0.1) is 21.1 Å². The Balaban J connectivity index is 1.62. The van der Waals surface area contributed by atoms with Gasteiger partial charge in [-0.15, -0.1) is 0 Å². The van der Waals surface area contributed by atoms with Crippen LogP contribution in [0.4, 0.5) is 11.4 Å². The summed E-state index contributed by atoms with van der Waals surface area (Å²) in [6, 6.07) is 21.7. The van der Waals surface area contributed by atoms with Crippen LogP contribution in [0.1, 0.15) is 28.2 Å². The van der Waals surface area contributed by atoms with Crippen LogP contribution in [0.25, 0.3) is 0 Å². The van der Waals surface area contributed by atoms with Gasteiger partial charge in [0.2, 0.25) is 11.8 Å². The highest BCUT2D eigenvalue weighted by Crippen LogP contribution is 2.66. The molecule has 0 saturated carbocycles. The number of amides is 2. The Labute approximate surface area is 185 Å². The molecule has 1 saturated heterocycles. The molecule has 7 rings (SSSR count). The average molecular weight is 475 g/mol. The predicted molar refractivity (Wildman–Crippen MR) is 117 cm³/mol. The maximum atomic E-state index is 13.8. The SMILES string of the molecule is O=C1[C@@H]2C3c4ccccc4C(Br)(c4ccccc43)[C@H]2C(=O)N1c1ccccc1[N+](=O)[O-]. The van der Waals surface area contributed by atoms with E-state index in [0.717, 1.165) is 27.2 Å². The van der Waals surface area contributed by atoms with E-state index in [1.807, 2.05) is 48.5 Å². The Kier molecular flexibility index (Phi) is 3.63. The monoisotopic (exact) mass is 474 g/mol. The molecule has 1 aliphatic heterocycles. The zero-order valence-corrected chi connectivity index (χ0v) is 17.7. The van der Waals surface area contributed by atoms with E-state index in [1.54, 1.807) is 6.07 Å². The van der Waals surface area contributed by atoms with Crippen molar-refractivity contribution in [3.05, 3.63) is 105 Å². The van der Waals surface area contributed by atoms with Crippen LogP contribution in [0.3, 0.4) is 0 Å². The van der Waals surface area contributed by atoms with Gasteiger partial charge < -0.3 is 0 Å². The molecule has 1 heterocycles. The highest BCUT2D eigenvalue weighted by Gasteiger charge is 2.68. The number of carbonyl (C=O) groups excluding carboxylic acids is 2. The third kappa shape index (κ3) is 2.11. The van der Waals surface area contributed by atoms with Gasteiger partial charge in [-0.3, -0.25) is 19.7 Å². The first kappa shape index (κ1) is 18.4. The van der Waals surface area contributed by atoms with Crippen molar-refractivity contribution in [1.82, 2.24) is 0 Å². The molecule has 0 aromatic heterocycles. The van der Waals surface area contributed by atoms with Crippen molar-refractivity contribution in [2.45, 2.75) is 10.2 Å². The number of hydrogen-bond acceptors (Lipinski definition) is 4. The van der Waals surface area contributed by atoms with Crippen molar-refractivity contribution in [2.75, 3.05) is 4.90 Å². The molecular weight excluding hydrogens is 460 g/mol. The molecule has 0 unspecified atom stereocenters. The molecule has 2 amide bonds. The molecule has 6 nitrogen and oxygen atoms in total. The van der Waals surface area contributed by atoms with Crippen molar-refractivity contribution >= 4 is 39.1 Å². The number of hydrogen-bond donors (Lipinski definition) is 0. The number of alkyl halides is 1. The molecule has 3 aromatic carbocycles. The standard InChI is InChI=1S/C24H15BrN2O4/c25-24-15-9-3-1-7-13(15)19(14-8-2-4-10-16(14)24)20-21(24)23(29)26(22(20)28)17-11-5-6-12-18(17)27(30)31/h1-12,19-21H/t19?,20-,21-,24?/m1/s1. The van der Waals surface area contributed by atoms with Crippen LogP contribution >= 0.6 is 15.9 Å². The molecule has 2 bridgehead atoms. The van der Waals surface area contributed by atoms with Crippen molar-refractivity contribution in [3.63, 3.8) is 0 Å². The second kappa shape index (κ2) is 6.11. The van der Waals surface area contributed by atoms with Gasteiger partial charge in [0.15, 0.2) is 0 Å². The number of para-hydroxylation sites is 2. The molecule has 3 aromatic rings. The van der Waals surface area contributed by atoms with Crippen LogP contribution in [-0.2, 0) is 13.9 Å². The third-order valence-electron chi connectivity index (χ3n) is 6.83. The molecule has 31 heavy (non-hydrogen) atoms. The Morgan fingerprint density at radius 3 is 2.00 bits per heavy atom. The van der Waals surface area contributed by atoms with E-state index in [2.05, 4.69) is 15.9 Å². The summed E-state index contributed by atoms with van der Waals surface area (Å²) in [6.07, 6.45) is 0. The number of halogens is 1. The maximum Gasteiger partial charge on any atom is 0.293 e. The van der Waals surface area contributed by atoms with Gasteiger partial charge in [-0.25, -0.2) is 4.90 Å². The molecule has 3 aliphatic carbocycles. The fraction of sp³-hybridized carbons (Fsp3) is 0.167. The lowest BCUT2D eigenvalue weighted by molar-refractivity contribution is -0.384. The first-order valence-electron chi connectivity index (χ1n) is 9.95. The Hall–Kier alpha value is -3.32. The van der Waals surface area contributed by atoms with Crippen LogP contribution in [0.2, 0.25) is 0 Å². The van der Waals surface area contributed by atoms with Gasteiger partial charge >= 0.3 is 0 Å². The minimum atomic E-state index is -0.870. The summed E-state index contributed by atoms with van der Waals surface area (Å²) in [5, 5.41) is 11.6. The third-order valence-corrected chi connectivity index (χ3v) is 8.18. The fourth-order valence-corrected chi connectivity index (χ4v) is 6.93. The number of nitro groups is 1. The number of imide groups is 1. The van der Waals surface area contributed by atoms with Gasteiger partial charge in [-0.2, -0.15) is 0 Å². The van der Waals surface area contributed by atoms with Gasteiger partial charge in [-0.1, -0.05) is 76.6 Å². The van der Waals surface area contributed by atoms with Gasteiger partial charge in [0.25, 0.3) is 5.69 Å². The number of anilines is 1. The first-order valence-corrected chi connectivity index (χ1v) is 10.7. The molecule has 4 aliphatic rings. The summed E-state index contributed by atoms with van der Waals surface area (Å²) in [5.74, 6) is -2.38. The minimum Gasteiger partial charge on any atom is -0.274 e. The largest absolute Gasteiger partial charge is 0.293 e. The van der Waals surface area contributed by atoms with Crippen molar-refractivity contribution in [2.24, 2.45) is 11.8 Å². The summed E-state index contributed by atoms with van der Waals surface area (Å²) < 4.78 is -0.870. The lowest BCUT2D eigenvalue weighted by Crippen LogP contribution is -2.50. The van der Waals surface area contributed by atoms with Crippen molar-refractivity contribution in [1.29, 1.82) is 0 Å². The Bertz CT molecular complexity index is 1270. The number of carbonyl (C=O) groups is 2. The predicted octanol–water partition coefficient (Wildman–Crippen LogP) is 4.50. The lowest BCUT2D eigenvalue weighted by Gasteiger charge is -2.51. The van der Waals surface area contributed by atoms with Gasteiger partial charge in [0.1, 0.15) is 5.69 Å². The van der Waals surface area contributed by atoms with Crippen LogP contribution < -0.4 is 4.90 Å². The normalized spacial score (nSPS) is 27.6. The summed E-state index contributed by atoms with van der Waals surface area (Å²) in [6.45, 7) is 0. The smallest absolute Gasteiger partial charge is 0.274 e. The topological polar surface area (TPSA) is 80.5 Å². The molecule has 7 heteroatoms. The summed E-state index contributed by atoms with van der Waals surface area (Å²) >= 11 is 3.92.